The number of morpholine rings is 1. The summed E-state index contributed by atoms with van der Waals surface area (Å²) in [6, 6.07) is 6.51. The number of fused-ring (bicyclic) bond motifs is 3. The van der Waals surface area contributed by atoms with E-state index in [2.05, 4.69) is 20.5 Å². The topological polar surface area (TPSA) is 72.4 Å². The van der Waals surface area contributed by atoms with Crippen LogP contribution in [-0.4, -0.2) is 46.6 Å². The number of nitrogens with zero attached hydrogens (tertiary/aromatic N) is 4. The van der Waals surface area contributed by atoms with Crippen LogP contribution in [-0.2, 0) is 21.8 Å². The van der Waals surface area contributed by atoms with Crippen LogP contribution in [0.1, 0.15) is 61.2 Å². The molecule has 0 radical (unpaired) electrons. The molecule has 4 heterocycles. The fourth-order valence-corrected chi connectivity index (χ4v) is 5.46. The first kappa shape index (κ1) is 26.1. The molecule has 1 N–H and O–H groups in total. The van der Waals surface area contributed by atoms with Gasteiger partial charge in [0, 0.05) is 5.39 Å². The van der Waals surface area contributed by atoms with Gasteiger partial charge in [-0.2, -0.15) is 27.1 Å². The van der Waals surface area contributed by atoms with E-state index >= 15 is 0 Å². The summed E-state index contributed by atoms with van der Waals surface area (Å²) in [6.07, 6.45) is -5.82. The fraction of sp³-hybridized carbons (Fsp3) is 0.519. The molecule has 2 bridgehead atoms. The number of nitrogens with one attached hydrogen (secondary N) is 1. The van der Waals surface area contributed by atoms with Crippen molar-refractivity contribution in [1.82, 2.24) is 15.2 Å². The molecule has 3 atom stereocenters. The lowest BCUT2D eigenvalue weighted by molar-refractivity contribution is -0.255. The number of hydrogen-bond acceptors (Lipinski definition) is 7. The minimum absolute atomic E-state index is 0.00670. The summed E-state index contributed by atoms with van der Waals surface area (Å²) < 4.78 is 82.4. The van der Waals surface area contributed by atoms with Crippen LogP contribution in [0.2, 0.25) is 0 Å². The molecule has 6 rings (SSSR count). The lowest BCUT2D eigenvalue weighted by atomic mass is 10.0. The Bertz CT molecular complexity index is 1380. The Kier molecular flexibility index (Phi) is 6.37. The zero-order valence-corrected chi connectivity index (χ0v) is 21.4. The standard InChI is InChI=1S/C27H28F5N5O2/c1-14(16-4-3-5-17(10-16)27(31,32)39-20-8-9-20)33-25-21-11-22(37-18-6-7-19(37)13-38-12-18)24(26(28,29)30)34-23(21)15(2)35-36-25/h3-5,10-11,14,18-20H,6-9,12-13H2,1-2H3,(H,33,36)/t14-,18?,19?/m1/s1. The molecule has 1 aliphatic carbocycles. The van der Waals surface area contributed by atoms with Crippen molar-refractivity contribution in [2.75, 3.05) is 23.4 Å². The van der Waals surface area contributed by atoms with E-state index in [1.807, 2.05) is 0 Å². The quantitative estimate of drug-likeness (QED) is 0.356. The minimum Gasteiger partial charge on any atom is -0.377 e. The van der Waals surface area contributed by atoms with Crippen molar-refractivity contribution in [2.45, 2.75) is 76.0 Å². The van der Waals surface area contributed by atoms with Crippen LogP contribution in [0.4, 0.5) is 33.5 Å². The van der Waals surface area contributed by atoms with E-state index < -0.39 is 30.1 Å². The third-order valence-corrected chi connectivity index (χ3v) is 7.60. The van der Waals surface area contributed by atoms with Gasteiger partial charge in [0.05, 0.1) is 59.9 Å². The molecule has 3 fully saturated rings. The van der Waals surface area contributed by atoms with Gasteiger partial charge in [-0.15, -0.1) is 5.10 Å². The molecule has 2 saturated heterocycles. The van der Waals surface area contributed by atoms with Gasteiger partial charge in [-0.05, 0) is 57.2 Å². The molecule has 2 aromatic heterocycles. The van der Waals surface area contributed by atoms with Crippen LogP contribution < -0.4 is 10.2 Å². The Labute approximate surface area is 221 Å². The second-order valence-corrected chi connectivity index (χ2v) is 10.5. The monoisotopic (exact) mass is 549 g/mol. The normalized spacial score (nSPS) is 22.4. The Balaban J connectivity index is 1.38. The summed E-state index contributed by atoms with van der Waals surface area (Å²) in [4.78, 5) is 5.86. The van der Waals surface area contributed by atoms with E-state index in [0.717, 1.165) is 12.8 Å². The molecular weight excluding hydrogens is 521 g/mol. The number of benzene rings is 1. The maximum Gasteiger partial charge on any atom is 0.435 e. The minimum atomic E-state index is -4.67. The van der Waals surface area contributed by atoms with Crippen molar-refractivity contribution in [1.29, 1.82) is 0 Å². The first-order valence-electron chi connectivity index (χ1n) is 13.0. The van der Waals surface area contributed by atoms with Gasteiger partial charge >= 0.3 is 12.3 Å². The summed E-state index contributed by atoms with van der Waals surface area (Å²) in [5.41, 5.74) is -0.365. The van der Waals surface area contributed by atoms with Crippen molar-refractivity contribution >= 4 is 22.4 Å². The maximum absolute atomic E-state index is 14.6. The summed E-state index contributed by atoms with van der Waals surface area (Å²) >= 11 is 0. The fourth-order valence-electron chi connectivity index (χ4n) is 5.46. The summed E-state index contributed by atoms with van der Waals surface area (Å²) in [5.74, 6) is 0.220. The summed E-state index contributed by atoms with van der Waals surface area (Å²) in [5, 5.41) is 11.8. The average Bonchev–Trinajstić information content (AvgIpc) is 3.67. The van der Waals surface area contributed by atoms with Gasteiger partial charge in [0.25, 0.3) is 0 Å². The van der Waals surface area contributed by atoms with E-state index in [1.54, 1.807) is 24.8 Å². The molecule has 208 valence electrons. The second kappa shape index (κ2) is 9.51. The molecule has 12 heteroatoms. The number of pyridine rings is 1. The van der Waals surface area contributed by atoms with Crippen LogP contribution in [0.3, 0.4) is 0 Å². The van der Waals surface area contributed by atoms with Crippen molar-refractivity contribution in [2.24, 2.45) is 0 Å². The number of hydrogen-bond donors (Lipinski definition) is 1. The highest BCUT2D eigenvalue weighted by atomic mass is 19.4. The molecule has 0 spiro atoms. The molecule has 39 heavy (non-hydrogen) atoms. The van der Waals surface area contributed by atoms with Gasteiger partial charge in [0.1, 0.15) is 0 Å². The number of ether oxygens (including phenoxy) is 2. The molecule has 0 amide bonds. The molecular formula is C27H28F5N5O2. The first-order valence-corrected chi connectivity index (χ1v) is 13.0. The molecule has 1 aromatic carbocycles. The number of aryl methyl sites for hydroxylation is 1. The number of halogens is 5. The zero-order chi connectivity index (χ0) is 27.5. The maximum atomic E-state index is 14.6. The van der Waals surface area contributed by atoms with Crippen LogP contribution in [0.25, 0.3) is 10.9 Å². The highest BCUT2D eigenvalue weighted by Gasteiger charge is 2.44. The lowest BCUT2D eigenvalue weighted by Crippen LogP contribution is -2.46. The van der Waals surface area contributed by atoms with Gasteiger partial charge in [-0.3, -0.25) is 0 Å². The molecule has 3 aromatic rings. The number of anilines is 2. The molecule has 7 nitrogen and oxygen atoms in total. The number of aromatic nitrogens is 3. The number of alkyl halides is 5. The SMILES string of the molecule is Cc1nnc(N[C@H](C)c2cccc(C(F)(F)OC3CC3)c2)c2cc(N3C4CCC3COC4)c(C(F)(F)F)nc12. The molecule has 3 aliphatic rings. The number of rotatable bonds is 7. The Morgan fingerprint density at radius 3 is 2.41 bits per heavy atom. The Morgan fingerprint density at radius 1 is 1.03 bits per heavy atom. The van der Waals surface area contributed by atoms with E-state index in [-0.39, 0.29) is 40.4 Å². The summed E-state index contributed by atoms with van der Waals surface area (Å²) in [6.45, 7) is 4.02. The van der Waals surface area contributed by atoms with E-state index in [1.165, 1.54) is 24.3 Å². The highest BCUT2D eigenvalue weighted by Crippen LogP contribution is 2.44. The Hall–Kier alpha value is -3.12. The van der Waals surface area contributed by atoms with Crippen molar-refractivity contribution < 1.29 is 31.4 Å². The highest BCUT2D eigenvalue weighted by molar-refractivity contribution is 5.93. The van der Waals surface area contributed by atoms with Gasteiger partial charge < -0.3 is 19.7 Å². The van der Waals surface area contributed by atoms with Gasteiger partial charge in [0.2, 0.25) is 0 Å². The predicted molar refractivity (Wildman–Crippen MR) is 134 cm³/mol. The van der Waals surface area contributed by atoms with Gasteiger partial charge in [-0.25, -0.2) is 4.98 Å². The van der Waals surface area contributed by atoms with Crippen molar-refractivity contribution in [3.05, 3.63) is 52.8 Å². The van der Waals surface area contributed by atoms with E-state index in [4.69, 9.17) is 9.47 Å². The third kappa shape index (κ3) is 5.00. The van der Waals surface area contributed by atoms with Crippen LogP contribution >= 0.6 is 0 Å². The molecule has 2 aliphatic heterocycles. The van der Waals surface area contributed by atoms with E-state index in [0.29, 0.717) is 37.0 Å². The van der Waals surface area contributed by atoms with Gasteiger partial charge in [0.15, 0.2) is 11.5 Å². The summed E-state index contributed by atoms with van der Waals surface area (Å²) in [7, 11) is 0. The van der Waals surface area contributed by atoms with E-state index in [9.17, 15) is 22.0 Å². The van der Waals surface area contributed by atoms with Crippen molar-refractivity contribution in [3.8, 4) is 0 Å². The first-order chi connectivity index (χ1) is 18.5. The predicted octanol–water partition coefficient (Wildman–Crippen LogP) is 6.12. The third-order valence-electron chi connectivity index (χ3n) is 7.60. The molecule has 2 unspecified atom stereocenters. The van der Waals surface area contributed by atoms with Crippen LogP contribution in [0.5, 0.6) is 0 Å². The smallest absolute Gasteiger partial charge is 0.377 e. The lowest BCUT2D eigenvalue weighted by Gasteiger charge is -2.37. The van der Waals surface area contributed by atoms with Crippen LogP contribution in [0, 0.1) is 6.92 Å². The van der Waals surface area contributed by atoms with Crippen molar-refractivity contribution in [3.63, 3.8) is 0 Å². The van der Waals surface area contributed by atoms with Crippen LogP contribution in [0.15, 0.2) is 30.3 Å². The second-order valence-electron chi connectivity index (χ2n) is 10.5. The van der Waals surface area contributed by atoms with Gasteiger partial charge in [-0.1, -0.05) is 18.2 Å². The Morgan fingerprint density at radius 2 is 1.74 bits per heavy atom. The largest absolute Gasteiger partial charge is 0.435 e. The average molecular weight is 550 g/mol. The zero-order valence-electron chi connectivity index (χ0n) is 21.4. The molecule has 1 saturated carbocycles.